The molecule has 0 bridgehead atoms. The molecule has 6 nitrogen and oxygen atoms in total. The second-order valence-electron chi connectivity index (χ2n) is 7.85. The summed E-state index contributed by atoms with van der Waals surface area (Å²) in [6.07, 6.45) is 2.66. The van der Waals surface area contributed by atoms with Gasteiger partial charge >= 0.3 is 0 Å². The van der Waals surface area contributed by atoms with Crippen molar-refractivity contribution < 1.29 is 4.74 Å². The molecule has 3 heterocycles. The van der Waals surface area contributed by atoms with Crippen LogP contribution in [0.1, 0.15) is 37.6 Å². The summed E-state index contributed by atoms with van der Waals surface area (Å²) in [6, 6.07) is 4.71. The van der Waals surface area contributed by atoms with Gasteiger partial charge in [-0.1, -0.05) is 13.0 Å². The Hall–Kier alpha value is -1.15. The summed E-state index contributed by atoms with van der Waals surface area (Å²) in [4.78, 5) is 11.4. The maximum absolute atomic E-state index is 5.55. The second-order valence-corrected chi connectivity index (χ2v) is 8.83. The third kappa shape index (κ3) is 6.72. The van der Waals surface area contributed by atoms with Crippen LogP contribution in [0.2, 0.25) is 0 Å². The molecule has 28 heavy (non-hydrogen) atoms. The third-order valence-corrected chi connectivity index (χ3v) is 6.69. The van der Waals surface area contributed by atoms with E-state index in [1.165, 1.54) is 30.8 Å². The van der Waals surface area contributed by atoms with E-state index >= 15 is 0 Å². The number of nitrogens with zero attached hydrogens (tertiary/aromatic N) is 3. The lowest BCUT2D eigenvalue weighted by Gasteiger charge is -2.33. The van der Waals surface area contributed by atoms with E-state index in [1.807, 2.05) is 11.3 Å². The van der Waals surface area contributed by atoms with Crippen molar-refractivity contribution in [3.8, 4) is 0 Å². The molecule has 0 spiro atoms. The molecule has 0 aliphatic carbocycles. The van der Waals surface area contributed by atoms with Crippen LogP contribution in [0.15, 0.2) is 22.5 Å². The fraction of sp³-hybridized carbons (Fsp3) is 0.762. The van der Waals surface area contributed by atoms with Gasteiger partial charge < -0.3 is 20.3 Å². The number of hydrogen-bond acceptors (Lipinski definition) is 5. The van der Waals surface area contributed by atoms with Gasteiger partial charge in [0.05, 0.1) is 25.8 Å². The van der Waals surface area contributed by atoms with Crippen LogP contribution in [0.25, 0.3) is 0 Å². The molecule has 3 rings (SSSR count). The summed E-state index contributed by atoms with van der Waals surface area (Å²) in [7, 11) is 0. The van der Waals surface area contributed by atoms with E-state index in [-0.39, 0.29) is 0 Å². The van der Waals surface area contributed by atoms with E-state index in [1.54, 1.807) is 0 Å². The van der Waals surface area contributed by atoms with Crippen LogP contribution in [-0.4, -0.2) is 81.3 Å². The number of thiophene rings is 1. The highest BCUT2D eigenvalue weighted by molar-refractivity contribution is 7.10. The quantitative estimate of drug-likeness (QED) is 0.512. The van der Waals surface area contributed by atoms with Crippen LogP contribution in [0.5, 0.6) is 0 Å². The first kappa shape index (κ1) is 21.6. The molecule has 0 radical (unpaired) electrons. The van der Waals surface area contributed by atoms with Crippen molar-refractivity contribution in [3.05, 3.63) is 22.4 Å². The number of guanidine groups is 1. The Kier molecular flexibility index (Phi) is 9.05. The predicted octanol–water partition coefficient (Wildman–Crippen LogP) is 2.41. The van der Waals surface area contributed by atoms with Crippen LogP contribution >= 0.6 is 11.3 Å². The fourth-order valence-corrected chi connectivity index (χ4v) is 4.75. The van der Waals surface area contributed by atoms with Crippen LogP contribution in [0.4, 0.5) is 0 Å². The lowest BCUT2D eigenvalue weighted by Crippen LogP contribution is -2.44. The number of hydrogen-bond donors (Lipinski definition) is 2. The topological polar surface area (TPSA) is 52.1 Å². The largest absolute Gasteiger partial charge is 0.379 e. The van der Waals surface area contributed by atoms with E-state index < -0.39 is 0 Å². The number of rotatable bonds is 8. The lowest BCUT2D eigenvalue weighted by molar-refractivity contribution is 0.0186. The Bertz CT molecular complexity index is 565. The molecule has 0 amide bonds. The Labute approximate surface area is 174 Å². The molecule has 0 aromatic carbocycles. The minimum Gasteiger partial charge on any atom is -0.379 e. The van der Waals surface area contributed by atoms with E-state index in [9.17, 15) is 0 Å². The highest BCUT2D eigenvalue weighted by Crippen LogP contribution is 2.26. The first-order chi connectivity index (χ1) is 13.8. The van der Waals surface area contributed by atoms with Crippen molar-refractivity contribution in [3.63, 3.8) is 0 Å². The molecule has 1 aromatic rings. The molecule has 1 unspecified atom stereocenters. The summed E-state index contributed by atoms with van der Waals surface area (Å²) in [6.45, 7) is 14.2. The van der Waals surface area contributed by atoms with Gasteiger partial charge in [0.15, 0.2) is 5.96 Å². The highest BCUT2D eigenvalue weighted by atomic mass is 32.1. The first-order valence-corrected chi connectivity index (χ1v) is 11.7. The SMILES string of the molecule is CCNC(=NCC(c1cccs1)N1CCOCC1)NCCN1CCC(C)CC1. The monoisotopic (exact) mass is 407 g/mol. The molecular weight excluding hydrogens is 370 g/mol. The van der Waals surface area contributed by atoms with Crippen molar-refractivity contribution in [1.29, 1.82) is 0 Å². The molecule has 0 saturated carbocycles. The van der Waals surface area contributed by atoms with Crippen molar-refractivity contribution in [2.75, 3.05) is 65.6 Å². The number of piperidine rings is 1. The van der Waals surface area contributed by atoms with Gasteiger partial charge in [-0.3, -0.25) is 9.89 Å². The van der Waals surface area contributed by atoms with Crippen molar-refractivity contribution in [2.24, 2.45) is 10.9 Å². The van der Waals surface area contributed by atoms with E-state index in [4.69, 9.17) is 9.73 Å². The molecule has 158 valence electrons. The standard InChI is InChI=1S/C21H37N5OS/c1-3-22-21(23-8-11-25-9-6-18(2)7-10-25)24-17-19(20-5-4-16-28-20)26-12-14-27-15-13-26/h4-5,16,18-19H,3,6-15,17H2,1-2H3,(H2,22,23,24). The zero-order chi connectivity index (χ0) is 19.6. The Balaban J connectivity index is 1.53. The van der Waals surface area contributed by atoms with Crippen LogP contribution < -0.4 is 10.6 Å². The molecule has 7 heteroatoms. The molecule has 1 atom stereocenters. The summed E-state index contributed by atoms with van der Waals surface area (Å²) < 4.78 is 5.55. The molecule has 2 saturated heterocycles. The van der Waals surface area contributed by atoms with Crippen molar-refractivity contribution in [1.82, 2.24) is 20.4 Å². The van der Waals surface area contributed by atoms with E-state index in [0.29, 0.717) is 6.04 Å². The number of morpholine rings is 1. The molecule has 2 fully saturated rings. The zero-order valence-electron chi connectivity index (χ0n) is 17.5. The number of aliphatic imine (C=N–C) groups is 1. The first-order valence-electron chi connectivity index (χ1n) is 10.9. The smallest absolute Gasteiger partial charge is 0.191 e. The van der Waals surface area contributed by atoms with Gasteiger partial charge in [-0.15, -0.1) is 11.3 Å². The zero-order valence-corrected chi connectivity index (χ0v) is 18.3. The van der Waals surface area contributed by atoms with E-state index in [0.717, 1.165) is 64.4 Å². The van der Waals surface area contributed by atoms with Crippen LogP contribution in [-0.2, 0) is 4.74 Å². The Morgan fingerprint density at radius 1 is 1.25 bits per heavy atom. The third-order valence-electron chi connectivity index (χ3n) is 5.72. The van der Waals surface area contributed by atoms with Gasteiger partial charge in [0.1, 0.15) is 0 Å². The van der Waals surface area contributed by atoms with Gasteiger partial charge in [0.2, 0.25) is 0 Å². The highest BCUT2D eigenvalue weighted by Gasteiger charge is 2.23. The van der Waals surface area contributed by atoms with Crippen LogP contribution in [0, 0.1) is 5.92 Å². The molecule has 1 aromatic heterocycles. The van der Waals surface area contributed by atoms with Crippen molar-refractivity contribution >= 4 is 17.3 Å². The summed E-state index contributed by atoms with van der Waals surface area (Å²) in [5.74, 6) is 1.82. The Morgan fingerprint density at radius 3 is 2.71 bits per heavy atom. The summed E-state index contributed by atoms with van der Waals surface area (Å²) in [5, 5.41) is 9.11. The minimum absolute atomic E-state index is 0.336. The summed E-state index contributed by atoms with van der Waals surface area (Å²) in [5.41, 5.74) is 0. The number of nitrogens with one attached hydrogen (secondary N) is 2. The second kappa shape index (κ2) is 11.8. The average molecular weight is 408 g/mol. The van der Waals surface area contributed by atoms with Gasteiger partial charge in [0, 0.05) is 37.6 Å². The maximum atomic E-state index is 5.55. The molecule has 2 aliphatic heterocycles. The average Bonchev–Trinajstić information content (AvgIpc) is 3.25. The number of likely N-dealkylation sites (tertiary alicyclic amines) is 1. The van der Waals surface area contributed by atoms with Gasteiger partial charge in [-0.05, 0) is 50.2 Å². The normalized spacial score (nSPS) is 21.6. The maximum Gasteiger partial charge on any atom is 0.191 e. The fourth-order valence-electron chi connectivity index (χ4n) is 3.89. The van der Waals surface area contributed by atoms with Crippen molar-refractivity contribution in [2.45, 2.75) is 32.7 Å². The molecule has 2 N–H and O–H groups in total. The van der Waals surface area contributed by atoms with Gasteiger partial charge in [0.25, 0.3) is 0 Å². The predicted molar refractivity (Wildman–Crippen MR) is 118 cm³/mol. The van der Waals surface area contributed by atoms with Gasteiger partial charge in [-0.2, -0.15) is 0 Å². The minimum atomic E-state index is 0.336. The number of ether oxygens (including phenoxy) is 1. The summed E-state index contributed by atoms with van der Waals surface area (Å²) >= 11 is 1.83. The molecule has 2 aliphatic rings. The molecular formula is C21H37N5OS. The van der Waals surface area contributed by atoms with Gasteiger partial charge in [-0.25, -0.2) is 0 Å². The lowest BCUT2D eigenvalue weighted by atomic mass is 9.99. The van der Waals surface area contributed by atoms with E-state index in [2.05, 4.69) is 51.8 Å². The van der Waals surface area contributed by atoms with Crippen LogP contribution in [0.3, 0.4) is 0 Å². The Morgan fingerprint density at radius 2 is 2.04 bits per heavy atom.